The first-order valence-electron chi connectivity index (χ1n) is 3.92. The average molecular weight is 178 g/mol. The highest BCUT2D eigenvalue weighted by molar-refractivity contribution is 5.87. The minimum atomic E-state index is -1.12. The Labute approximate surface area is 76.2 Å². The zero-order chi connectivity index (χ0) is 9.84. The van der Waals surface area contributed by atoms with Gasteiger partial charge in [0, 0.05) is 18.7 Å². The van der Waals surface area contributed by atoms with E-state index in [1.807, 2.05) is 6.92 Å². The van der Waals surface area contributed by atoms with Gasteiger partial charge >= 0.3 is 5.97 Å². The van der Waals surface area contributed by atoms with Gasteiger partial charge in [0.05, 0.1) is 11.3 Å². The summed E-state index contributed by atoms with van der Waals surface area (Å²) in [4.78, 5) is 10.2. The molecule has 0 aliphatic rings. The number of aliphatic carboxylic acids is 1. The Morgan fingerprint density at radius 3 is 2.92 bits per heavy atom. The lowest BCUT2D eigenvalue weighted by Gasteiger charge is -1.88. The smallest absolute Gasteiger partial charge is 0.382 e. The standard InChI is InChI=1S/C9H10N2O2/c1-3-11-6-8(7(2)10-11)4-5-9(12)13/h6H,3H2,1-2H3,(H,12,13). The summed E-state index contributed by atoms with van der Waals surface area (Å²) in [5, 5.41) is 12.5. The van der Waals surface area contributed by atoms with Gasteiger partial charge in [-0.1, -0.05) is 5.92 Å². The highest BCUT2D eigenvalue weighted by atomic mass is 16.4. The van der Waals surface area contributed by atoms with Crippen LogP contribution in [-0.4, -0.2) is 20.9 Å². The number of rotatable bonds is 1. The summed E-state index contributed by atoms with van der Waals surface area (Å²) >= 11 is 0. The maximum atomic E-state index is 10.2. The van der Waals surface area contributed by atoms with Gasteiger partial charge in [0.1, 0.15) is 0 Å². The molecule has 1 N–H and O–H groups in total. The largest absolute Gasteiger partial charge is 0.472 e. The van der Waals surface area contributed by atoms with Gasteiger partial charge in [0.15, 0.2) is 0 Å². The number of hydrogen-bond donors (Lipinski definition) is 1. The molecule has 1 aromatic rings. The summed E-state index contributed by atoms with van der Waals surface area (Å²) in [6.07, 6.45) is 1.74. The monoisotopic (exact) mass is 178 g/mol. The van der Waals surface area contributed by atoms with Crippen molar-refractivity contribution < 1.29 is 9.90 Å². The molecule has 0 saturated heterocycles. The number of aryl methyl sites for hydroxylation is 2. The van der Waals surface area contributed by atoms with Crippen LogP contribution in [0.25, 0.3) is 0 Å². The third-order valence-corrected chi connectivity index (χ3v) is 1.57. The second kappa shape index (κ2) is 3.76. The molecule has 0 unspecified atom stereocenters. The van der Waals surface area contributed by atoms with E-state index in [1.54, 1.807) is 17.8 Å². The quantitative estimate of drug-likeness (QED) is 0.642. The number of nitrogens with zero attached hydrogens (tertiary/aromatic N) is 2. The first-order valence-corrected chi connectivity index (χ1v) is 3.92. The summed E-state index contributed by atoms with van der Waals surface area (Å²) in [6, 6.07) is 0. The Kier molecular flexibility index (Phi) is 2.70. The fourth-order valence-corrected chi connectivity index (χ4v) is 0.923. The van der Waals surface area contributed by atoms with Gasteiger partial charge < -0.3 is 5.11 Å². The molecule has 4 heteroatoms. The van der Waals surface area contributed by atoms with Crippen molar-refractivity contribution in [3.63, 3.8) is 0 Å². The van der Waals surface area contributed by atoms with Crippen molar-refractivity contribution in [2.45, 2.75) is 20.4 Å². The summed E-state index contributed by atoms with van der Waals surface area (Å²) in [5.74, 6) is 3.47. The summed E-state index contributed by atoms with van der Waals surface area (Å²) in [7, 11) is 0. The van der Waals surface area contributed by atoms with Crippen molar-refractivity contribution in [1.29, 1.82) is 0 Å². The number of carboxylic acids is 1. The molecule has 0 atom stereocenters. The lowest BCUT2D eigenvalue weighted by Crippen LogP contribution is -1.93. The Hall–Kier alpha value is -1.76. The lowest BCUT2D eigenvalue weighted by atomic mass is 10.3. The van der Waals surface area contributed by atoms with E-state index in [9.17, 15) is 4.79 Å². The normalized spacial score (nSPS) is 9.08. The van der Waals surface area contributed by atoms with Crippen LogP contribution < -0.4 is 0 Å². The minimum Gasteiger partial charge on any atom is -0.472 e. The Morgan fingerprint density at radius 1 is 1.77 bits per heavy atom. The SMILES string of the molecule is CCn1cc(C#CC(=O)O)c(C)n1. The summed E-state index contributed by atoms with van der Waals surface area (Å²) in [6.45, 7) is 4.52. The van der Waals surface area contributed by atoms with Gasteiger partial charge in [-0.05, 0) is 13.8 Å². The van der Waals surface area contributed by atoms with E-state index in [2.05, 4.69) is 16.9 Å². The molecule has 68 valence electrons. The fourth-order valence-electron chi connectivity index (χ4n) is 0.923. The van der Waals surface area contributed by atoms with Crippen molar-refractivity contribution in [3.05, 3.63) is 17.5 Å². The predicted octanol–water partition coefficient (Wildman–Crippen LogP) is 0.648. The third kappa shape index (κ3) is 2.34. The van der Waals surface area contributed by atoms with E-state index in [0.717, 1.165) is 12.2 Å². The highest BCUT2D eigenvalue weighted by Gasteiger charge is 2.00. The van der Waals surface area contributed by atoms with Gasteiger partial charge in [-0.3, -0.25) is 4.68 Å². The van der Waals surface area contributed by atoms with Crippen molar-refractivity contribution in [3.8, 4) is 11.8 Å². The topological polar surface area (TPSA) is 55.1 Å². The van der Waals surface area contributed by atoms with Crippen LogP contribution in [0, 0.1) is 18.8 Å². The van der Waals surface area contributed by atoms with Gasteiger partial charge in [0.2, 0.25) is 0 Å². The zero-order valence-corrected chi connectivity index (χ0v) is 7.53. The Bertz CT molecular complexity index is 382. The van der Waals surface area contributed by atoms with Crippen molar-refractivity contribution in [1.82, 2.24) is 9.78 Å². The molecule has 0 aliphatic carbocycles. The Balaban J connectivity index is 2.97. The summed E-state index contributed by atoms with van der Waals surface area (Å²) in [5.41, 5.74) is 1.43. The molecule has 1 heterocycles. The summed E-state index contributed by atoms with van der Waals surface area (Å²) < 4.78 is 1.72. The predicted molar refractivity (Wildman–Crippen MR) is 47.2 cm³/mol. The lowest BCUT2D eigenvalue weighted by molar-refractivity contribution is -0.130. The van der Waals surface area contributed by atoms with E-state index in [4.69, 9.17) is 5.11 Å². The second-order valence-corrected chi connectivity index (χ2v) is 2.54. The molecule has 1 aromatic heterocycles. The van der Waals surface area contributed by atoms with Crippen LogP contribution >= 0.6 is 0 Å². The molecular formula is C9H10N2O2. The second-order valence-electron chi connectivity index (χ2n) is 2.54. The molecule has 0 aromatic carbocycles. The maximum Gasteiger partial charge on any atom is 0.382 e. The van der Waals surface area contributed by atoms with E-state index in [1.165, 1.54) is 0 Å². The maximum absolute atomic E-state index is 10.2. The van der Waals surface area contributed by atoms with Crippen molar-refractivity contribution in [2.75, 3.05) is 0 Å². The molecule has 13 heavy (non-hydrogen) atoms. The molecule has 0 saturated carbocycles. The van der Waals surface area contributed by atoms with Crippen LogP contribution in [0.1, 0.15) is 18.2 Å². The minimum absolute atomic E-state index is 0.671. The van der Waals surface area contributed by atoms with Gasteiger partial charge in [0.25, 0.3) is 0 Å². The first-order chi connectivity index (χ1) is 6.13. The van der Waals surface area contributed by atoms with Crippen LogP contribution in [0.3, 0.4) is 0 Å². The van der Waals surface area contributed by atoms with Gasteiger partial charge in [-0.25, -0.2) is 4.79 Å². The third-order valence-electron chi connectivity index (χ3n) is 1.57. The highest BCUT2D eigenvalue weighted by Crippen LogP contribution is 2.02. The zero-order valence-electron chi connectivity index (χ0n) is 7.53. The number of hydrogen-bond acceptors (Lipinski definition) is 2. The van der Waals surface area contributed by atoms with Crippen LogP contribution in [0.2, 0.25) is 0 Å². The number of carbonyl (C=O) groups is 1. The van der Waals surface area contributed by atoms with Crippen LogP contribution in [0.5, 0.6) is 0 Å². The van der Waals surface area contributed by atoms with Gasteiger partial charge in [-0.2, -0.15) is 5.10 Å². The molecular weight excluding hydrogens is 168 g/mol. The Morgan fingerprint density at radius 2 is 2.46 bits per heavy atom. The molecule has 0 spiro atoms. The van der Waals surface area contributed by atoms with Crippen LogP contribution in [0.15, 0.2) is 6.20 Å². The van der Waals surface area contributed by atoms with Crippen LogP contribution in [0.4, 0.5) is 0 Å². The van der Waals surface area contributed by atoms with Crippen LogP contribution in [-0.2, 0) is 11.3 Å². The van der Waals surface area contributed by atoms with Crippen molar-refractivity contribution in [2.24, 2.45) is 0 Å². The van der Waals surface area contributed by atoms with E-state index in [-0.39, 0.29) is 0 Å². The average Bonchev–Trinajstić information content (AvgIpc) is 2.43. The van der Waals surface area contributed by atoms with E-state index >= 15 is 0 Å². The molecule has 0 amide bonds. The molecule has 4 nitrogen and oxygen atoms in total. The molecule has 0 radical (unpaired) electrons. The molecule has 0 aliphatic heterocycles. The molecule has 0 bridgehead atoms. The molecule has 0 fully saturated rings. The van der Waals surface area contributed by atoms with E-state index < -0.39 is 5.97 Å². The van der Waals surface area contributed by atoms with E-state index in [0.29, 0.717) is 5.56 Å². The molecule has 1 rings (SSSR count). The number of carboxylic acid groups (broad SMARTS) is 1. The fraction of sp³-hybridized carbons (Fsp3) is 0.333. The first kappa shape index (κ1) is 9.33. The number of aromatic nitrogens is 2. The van der Waals surface area contributed by atoms with Crippen molar-refractivity contribution >= 4 is 5.97 Å². The van der Waals surface area contributed by atoms with Gasteiger partial charge in [-0.15, -0.1) is 0 Å².